The Labute approximate surface area is 202 Å². The van der Waals surface area contributed by atoms with Crippen molar-refractivity contribution < 1.29 is 14.6 Å². The summed E-state index contributed by atoms with van der Waals surface area (Å²) in [6.07, 6.45) is 0.222. The number of likely N-dealkylation sites (tertiary alicyclic amines) is 1. The van der Waals surface area contributed by atoms with E-state index >= 15 is 0 Å². The lowest BCUT2D eigenvalue weighted by Crippen LogP contribution is -2.53. The van der Waals surface area contributed by atoms with Crippen molar-refractivity contribution in [2.24, 2.45) is 0 Å². The van der Waals surface area contributed by atoms with Crippen molar-refractivity contribution in [2.75, 3.05) is 19.7 Å². The smallest absolute Gasteiger partial charge is 0.251 e. The molecule has 1 amide bonds. The number of hydrogen-bond acceptors (Lipinski definition) is 4. The Kier molecular flexibility index (Phi) is 7.66. The first-order valence-corrected chi connectivity index (χ1v) is 12.0. The highest BCUT2D eigenvalue weighted by atomic mass is 16.5. The lowest BCUT2D eigenvalue weighted by Gasteiger charge is -2.39. The highest BCUT2D eigenvalue weighted by molar-refractivity contribution is 5.94. The van der Waals surface area contributed by atoms with Crippen molar-refractivity contribution in [3.8, 4) is 16.9 Å². The van der Waals surface area contributed by atoms with Gasteiger partial charge in [0, 0.05) is 31.2 Å². The fourth-order valence-corrected chi connectivity index (χ4v) is 4.08. The minimum Gasteiger partial charge on any atom is -0.488 e. The number of aliphatic hydroxyl groups is 1. The van der Waals surface area contributed by atoms with Crippen LogP contribution in [0.2, 0.25) is 0 Å². The van der Waals surface area contributed by atoms with Gasteiger partial charge in [-0.1, -0.05) is 62.4 Å². The van der Waals surface area contributed by atoms with Crippen molar-refractivity contribution in [1.82, 2.24) is 10.2 Å². The van der Waals surface area contributed by atoms with Crippen LogP contribution >= 0.6 is 0 Å². The van der Waals surface area contributed by atoms with Crippen molar-refractivity contribution in [3.63, 3.8) is 0 Å². The molecule has 5 heteroatoms. The third-order valence-corrected chi connectivity index (χ3v) is 6.27. The molecular formula is C29H34N2O3. The van der Waals surface area contributed by atoms with E-state index in [2.05, 4.69) is 48.3 Å². The predicted octanol–water partition coefficient (Wildman–Crippen LogP) is 4.85. The summed E-state index contributed by atoms with van der Waals surface area (Å²) in [7, 11) is 0. The topological polar surface area (TPSA) is 61.8 Å². The maximum atomic E-state index is 12.2. The van der Waals surface area contributed by atoms with Crippen molar-refractivity contribution in [1.29, 1.82) is 0 Å². The van der Waals surface area contributed by atoms with Crippen LogP contribution in [0.4, 0.5) is 0 Å². The van der Waals surface area contributed by atoms with Crippen LogP contribution in [0.25, 0.3) is 11.1 Å². The molecule has 2 N–H and O–H groups in total. The van der Waals surface area contributed by atoms with Crippen LogP contribution in [-0.2, 0) is 6.54 Å². The molecule has 0 saturated carbocycles. The Bertz CT molecular complexity index is 1070. The van der Waals surface area contributed by atoms with Crippen molar-refractivity contribution in [3.05, 3.63) is 89.5 Å². The van der Waals surface area contributed by atoms with E-state index in [1.54, 1.807) is 19.1 Å². The van der Waals surface area contributed by atoms with Gasteiger partial charge in [-0.2, -0.15) is 0 Å². The summed E-state index contributed by atoms with van der Waals surface area (Å²) in [5.41, 5.74) is 5.42. The number of carbonyl (C=O) groups excluding carboxylic acids is 1. The van der Waals surface area contributed by atoms with E-state index in [0.717, 1.165) is 36.5 Å². The third-order valence-electron chi connectivity index (χ3n) is 6.27. The summed E-state index contributed by atoms with van der Waals surface area (Å²) >= 11 is 0. The molecule has 0 aromatic heterocycles. The molecule has 1 heterocycles. The maximum absolute atomic E-state index is 12.2. The molecule has 5 nitrogen and oxygen atoms in total. The van der Waals surface area contributed by atoms with E-state index < -0.39 is 0 Å². The zero-order chi connectivity index (χ0) is 24.1. The fourth-order valence-electron chi connectivity index (χ4n) is 4.08. The molecule has 34 heavy (non-hydrogen) atoms. The number of hydrogen-bond donors (Lipinski definition) is 2. The first-order valence-electron chi connectivity index (χ1n) is 12.0. The first-order chi connectivity index (χ1) is 16.4. The number of benzene rings is 3. The molecule has 0 radical (unpaired) electrons. The average Bonchev–Trinajstić information content (AvgIpc) is 2.83. The predicted molar refractivity (Wildman–Crippen MR) is 136 cm³/mol. The second kappa shape index (κ2) is 10.9. The number of rotatable bonds is 9. The summed E-state index contributed by atoms with van der Waals surface area (Å²) in [5, 5.41) is 11.8. The van der Waals surface area contributed by atoms with Gasteiger partial charge in [0.05, 0.1) is 6.61 Å². The fraction of sp³-hybridized carbons (Fsp3) is 0.345. The number of ether oxygens (including phenoxy) is 1. The largest absolute Gasteiger partial charge is 0.488 e. The molecule has 1 atom stereocenters. The number of amides is 1. The van der Waals surface area contributed by atoms with Gasteiger partial charge in [-0.05, 0) is 59.4 Å². The number of aliphatic hydroxyl groups excluding tert-OH is 1. The van der Waals surface area contributed by atoms with E-state index in [-0.39, 0.29) is 24.7 Å². The van der Waals surface area contributed by atoms with Crippen LogP contribution < -0.4 is 10.1 Å². The quantitative estimate of drug-likeness (QED) is 0.481. The molecule has 1 unspecified atom stereocenters. The van der Waals surface area contributed by atoms with Gasteiger partial charge in [0.15, 0.2) is 0 Å². The minimum atomic E-state index is -0.265. The number of carbonyl (C=O) groups is 1. The summed E-state index contributed by atoms with van der Waals surface area (Å²) in [4.78, 5) is 14.6. The second-order valence-corrected chi connectivity index (χ2v) is 9.49. The monoisotopic (exact) mass is 458 g/mol. The first kappa shape index (κ1) is 24.0. The van der Waals surface area contributed by atoms with E-state index in [9.17, 15) is 4.79 Å². The molecule has 0 aliphatic carbocycles. The van der Waals surface area contributed by atoms with Crippen LogP contribution in [0, 0.1) is 0 Å². The highest BCUT2D eigenvalue weighted by Crippen LogP contribution is 2.25. The summed E-state index contributed by atoms with van der Waals surface area (Å²) in [5.74, 6) is 1.26. The van der Waals surface area contributed by atoms with Gasteiger partial charge in [0.2, 0.25) is 0 Å². The van der Waals surface area contributed by atoms with Crippen molar-refractivity contribution >= 4 is 5.91 Å². The number of nitrogens with zero attached hydrogens (tertiary/aromatic N) is 1. The summed E-state index contributed by atoms with van der Waals surface area (Å²) < 4.78 is 6.14. The zero-order valence-corrected chi connectivity index (χ0v) is 20.2. The van der Waals surface area contributed by atoms with Gasteiger partial charge >= 0.3 is 0 Å². The van der Waals surface area contributed by atoms with Crippen LogP contribution in [0.5, 0.6) is 5.75 Å². The van der Waals surface area contributed by atoms with E-state index in [1.165, 1.54) is 11.1 Å². The molecular weight excluding hydrogens is 424 g/mol. The SMILES string of the molecule is CC(CO)NC(=O)c1ccc(-c2ccc(OC3CN(Cc4ccc(C(C)C)cc4)C3)cc2)cc1. The molecule has 0 bridgehead atoms. The second-order valence-electron chi connectivity index (χ2n) is 9.49. The molecule has 4 rings (SSSR count). The Morgan fingerprint density at radius 3 is 2.09 bits per heavy atom. The molecule has 3 aromatic carbocycles. The normalized spacial score (nSPS) is 15.1. The third kappa shape index (κ3) is 6.04. The van der Waals surface area contributed by atoms with Crippen LogP contribution in [0.1, 0.15) is 48.2 Å². The number of nitrogens with one attached hydrogen (secondary N) is 1. The Morgan fingerprint density at radius 1 is 0.941 bits per heavy atom. The Hall–Kier alpha value is -3.15. The van der Waals surface area contributed by atoms with E-state index in [0.29, 0.717) is 11.5 Å². The molecule has 1 aliphatic heterocycles. The van der Waals surface area contributed by atoms with Gasteiger partial charge < -0.3 is 15.2 Å². The van der Waals surface area contributed by atoms with Gasteiger partial charge in [-0.25, -0.2) is 0 Å². The van der Waals surface area contributed by atoms with Crippen LogP contribution in [-0.4, -0.2) is 47.8 Å². The van der Waals surface area contributed by atoms with Crippen molar-refractivity contribution in [2.45, 2.75) is 45.4 Å². The van der Waals surface area contributed by atoms with Crippen LogP contribution in [0.15, 0.2) is 72.8 Å². The molecule has 3 aromatic rings. The molecule has 1 aliphatic rings. The Balaban J connectivity index is 1.25. The van der Waals surface area contributed by atoms with Gasteiger partial charge in [-0.15, -0.1) is 0 Å². The van der Waals surface area contributed by atoms with E-state index in [4.69, 9.17) is 9.84 Å². The average molecular weight is 459 g/mol. The van der Waals surface area contributed by atoms with Gasteiger partial charge in [0.25, 0.3) is 5.91 Å². The Morgan fingerprint density at radius 2 is 1.53 bits per heavy atom. The zero-order valence-electron chi connectivity index (χ0n) is 20.2. The van der Waals surface area contributed by atoms with Crippen LogP contribution in [0.3, 0.4) is 0 Å². The molecule has 0 spiro atoms. The molecule has 1 saturated heterocycles. The molecule has 178 valence electrons. The van der Waals surface area contributed by atoms with Gasteiger partial charge in [-0.3, -0.25) is 9.69 Å². The summed E-state index contributed by atoms with van der Waals surface area (Å²) in [6, 6.07) is 24.3. The van der Waals surface area contributed by atoms with Gasteiger partial charge in [0.1, 0.15) is 11.9 Å². The lowest BCUT2D eigenvalue weighted by atomic mass is 10.0. The molecule has 1 fully saturated rings. The lowest BCUT2D eigenvalue weighted by molar-refractivity contribution is 0.0146. The van der Waals surface area contributed by atoms with E-state index in [1.807, 2.05) is 36.4 Å². The maximum Gasteiger partial charge on any atom is 0.251 e. The summed E-state index contributed by atoms with van der Waals surface area (Å²) in [6.45, 7) is 8.96. The minimum absolute atomic E-state index is 0.0800. The standard InChI is InChI=1S/C29H34N2O3/c1-20(2)23-6-4-22(5-7-23)16-31-17-28(18-31)34-27-14-12-25(13-15-27)24-8-10-26(11-9-24)29(33)30-21(3)19-32/h4-15,20-21,28,32H,16-19H2,1-3H3,(H,30,33). The highest BCUT2D eigenvalue weighted by Gasteiger charge is 2.28.